The predicted molar refractivity (Wildman–Crippen MR) is 59.9 cm³/mol. The summed E-state index contributed by atoms with van der Waals surface area (Å²) in [6.07, 6.45) is 0. The SMILES string of the molecule is CC(C)(C)c1ccccc1S.F.F.F. The quantitative estimate of drug-likeness (QED) is 0.640. The van der Waals surface area contributed by atoms with Gasteiger partial charge in [-0.3, -0.25) is 14.1 Å². The largest absolute Gasteiger partial charge is 0.269 e. The molecule has 84 valence electrons. The van der Waals surface area contributed by atoms with Gasteiger partial charge in [0.15, 0.2) is 0 Å². The molecule has 0 amide bonds. The molecule has 0 heterocycles. The van der Waals surface area contributed by atoms with Gasteiger partial charge in [-0.25, -0.2) is 0 Å². The first-order valence-electron chi connectivity index (χ1n) is 3.80. The highest BCUT2D eigenvalue weighted by molar-refractivity contribution is 7.80. The van der Waals surface area contributed by atoms with Crippen molar-refractivity contribution < 1.29 is 14.1 Å². The molecular formula is C10H17F3S. The van der Waals surface area contributed by atoms with Crippen molar-refractivity contribution in [1.82, 2.24) is 0 Å². The van der Waals surface area contributed by atoms with E-state index in [4.69, 9.17) is 0 Å². The van der Waals surface area contributed by atoms with Crippen LogP contribution in [0, 0.1) is 0 Å². The molecule has 0 aliphatic carbocycles. The third-order valence-electron chi connectivity index (χ3n) is 1.71. The monoisotopic (exact) mass is 226 g/mol. The van der Waals surface area contributed by atoms with Gasteiger partial charge in [-0.2, -0.15) is 0 Å². The van der Waals surface area contributed by atoms with Crippen molar-refractivity contribution >= 4 is 12.6 Å². The average Bonchev–Trinajstić information content (AvgIpc) is 1.86. The van der Waals surface area contributed by atoms with Crippen molar-refractivity contribution in [3.63, 3.8) is 0 Å². The minimum atomic E-state index is 0. The maximum Gasteiger partial charge on any atom is 0.00773 e. The molecule has 1 rings (SSSR count). The van der Waals surface area contributed by atoms with E-state index in [1.165, 1.54) is 5.56 Å². The first-order chi connectivity index (χ1) is 5.02. The highest BCUT2D eigenvalue weighted by atomic mass is 32.1. The summed E-state index contributed by atoms with van der Waals surface area (Å²) in [6, 6.07) is 8.23. The number of hydrogen-bond acceptors (Lipinski definition) is 1. The second-order valence-electron chi connectivity index (χ2n) is 3.77. The van der Waals surface area contributed by atoms with Gasteiger partial charge in [0.1, 0.15) is 0 Å². The van der Waals surface area contributed by atoms with E-state index in [1.54, 1.807) is 0 Å². The maximum atomic E-state index is 4.39. The van der Waals surface area contributed by atoms with Crippen molar-refractivity contribution in [2.45, 2.75) is 31.1 Å². The minimum Gasteiger partial charge on any atom is -0.269 e. The van der Waals surface area contributed by atoms with Gasteiger partial charge in [0.05, 0.1) is 0 Å². The first-order valence-corrected chi connectivity index (χ1v) is 4.25. The predicted octanol–water partition coefficient (Wildman–Crippen LogP) is 3.73. The Morgan fingerprint density at radius 2 is 1.36 bits per heavy atom. The second kappa shape index (κ2) is 6.76. The highest BCUT2D eigenvalue weighted by Gasteiger charge is 2.14. The Bertz CT molecular complexity index is 256. The van der Waals surface area contributed by atoms with E-state index in [0.717, 1.165) is 4.90 Å². The van der Waals surface area contributed by atoms with Crippen LogP contribution in [0.1, 0.15) is 26.3 Å². The lowest BCUT2D eigenvalue weighted by atomic mass is 9.87. The molecule has 4 heteroatoms. The molecule has 0 N–H and O–H groups in total. The Balaban J connectivity index is -0.000000403. The Morgan fingerprint density at radius 1 is 0.929 bits per heavy atom. The topological polar surface area (TPSA) is 0 Å². The number of benzene rings is 1. The highest BCUT2D eigenvalue weighted by Crippen LogP contribution is 2.27. The molecule has 0 saturated heterocycles. The van der Waals surface area contributed by atoms with Gasteiger partial charge in [0, 0.05) is 4.90 Å². The second-order valence-corrected chi connectivity index (χ2v) is 4.25. The number of halogens is 3. The summed E-state index contributed by atoms with van der Waals surface area (Å²) in [5.41, 5.74) is 1.52. The minimum absolute atomic E-state index is 0. The Hall–Kier alpha value is -0.640. The summed E-state index contributed by atoms with van der Waals surface area (Å²) in [4.78, 5) is 1.08. The number of rotatable bonds is 0. The van der Waals surface area contributed by atoms with Gasteiger partial charge in [0.2, 0.25) is 0 Å². The van der Waals surface area contributed by atoms with Crippen LogP contribution in [0.3, 0.4) is 0 Å². The van der Waals surface area contributed by atoms with E-state index in [9.17, 15) is 0 Å². The van der Waals surface area contributed by atoms with Crippen LogP contribution in [0.4, 0.5) is 14.1 Å². The molecule has 0 bridgehead atoms. The molecule has 0 spiro atoms. The molecule has 1 aromatic carbocycles. The van der Waals surface area contributed by atoms with Crippen LogP contribution in [0.25, 0.3) is 0 Å². The van der Waals surface area contributed by atoms with E-state index in [0.29, 0.717) is 0 Å². The average molecular weight is 226 g/mol. The van der Waals surface area contributed by atoms with Gasteiger partial charge in [-0.05, 0) is 17.0 Å². The molecule has 0 aromatic heterocycles. The Morgan fingerprint density at radius 3 is 1.64 bits per heavy atom. The summed E-state index contributed by atoms with van der Waals surface area (Å²) < 4.78 is 0. The number of thiol groups is 1. The van der Waals surface area contributed by atoms with Gasteiger partial charge in [-0.15, -0.1) is 12.6 Å². The van der Waals surface area contributed by atoms with Crippen LogP contribution in [0.2, 0.25) is 0 Å². The Kier molecular flexibility index (Phi) is 9.18. The van der Waals surface area contributed by atoms with E-state index in [1.807, 2.05) is 12.1 Å². The van der Waals surface area contributed by atoms with E-state index in [2.05, 4.69) is 45.5 Å². The molecule has 0 nitrogen and oxygen atoms in total. The van der Waals surface area contributed by atoms with Gasteiger partial charge in [0.25, 0.3) is 0 Å². The molecule has 0 atom stereocenters. The lowest BCUT2D eigenvalue weighted by Gasteiger charge is -2.20. The van der Waals surface area contributed by atoms with Crippen LogP contribution in [0.5, 0.6) is 0 Å². The Labute approximate surface area is 88.2 Å². The van der Waals surface area contributed by atoms with E-state index in [-0.39, 0.29) is 19.5 Å². The maximum absolute atomic E-state index is 4.39. The van der Waals surface area contributed by atoms with E-state index < -0.39 is 0 Å². The molecule has 1 aromatic rings. The van der Waals surface area contributed by atoms with Crippen molar-refractivity contribution in [3.05, 3.63) is 29.8 Å². The van der Waals surface area contributed by atoms with Gasteiger partial charge >= 0.3 is 0 Å². The third kappa shape index (κ3) is 4.56. The smallest absolute Gasteiger partial charge is 0.00773 e. The zero-order valence-electron chi connectivity index (χ0n) is 8.48. The third-order valence-corrected chi connectivity index (χ3v) is 2.10. The molecule has 0 unspecified atom stereocenters. The summed E-state index contributed by atoms with van der Waals surface area (Å²) >= 11 is 4.39. The first kappa shape index (κ1) is 19.0. The summed E-state index contributed by atoms with van der Waals surface area (Å²) in [5, 5.41) is 0. The van der Waals surface area contributed by atoms with Crippen LogP contribution in [0.15, 0.2) is 29.2 Å². The fourth-order valence-corrected chi connectivity index (χ4v) is 1.60. The lowest BCUT2D eigenvalue weighted by molar-refractivity contribution is 0.578. The summed E-state index contributed by atoms with van der Waals surface area (Å²) in [5.74, 6) is 0. The van der Waals surface area contributed by atoms with Crippen LogP contribution in [-0.2, 0) is 5.41 Å². The van der Waals surface area contributed by atoms with Crippen LogP contribution < -0.4 is 0 Å². The van der Waals surface area contributed by atoms with E-state index >= 15 is 0 Å². The molecule has 0 radical (unpaired) electrons. The molecule has 14 heavy (non-hydrogen) atoms. The fourth-order valence-electron chi connectivity index (χ4n) is 1.11. The summed E-state index contributed by atoms with van der Waals surface area (Å²) in [7, 11) is 0. The van der Waals surface area contributed by atoms with Crippen molar-refractivity contribution in [2.75, 3.05) is 0 Å². The van der Waals surface area contributed by atoms with Crippen molar-refractivity contribution in [2.24, 2.45) is 0 Å². The molecule has 0 fully saturated rings. The van der Waals surface area contributed by atoms with Crippen LogP contribution >= 0.6 is 12.6 Å². The molecule has 0 saturated carbocycles. The summed E-state index contributed by atoms with van der Waals surface area (Å²) in [6.45, 7) is 6.59. The number of hydrogen-bond donors (Lipinski definition) is 1. The normalized spacial score (nSPS) is 9.14. The zero-order valence-corrected chi connectivity index (χ0v) is 9.38. The standard InChI is InChI=1S/C10H14S.3FH/c1-10(2,3)8-6-4-5-7-9(8)11;;;/h4-7,11H,1-3H3;3*1H. The molecule has 0 aliphatic heterocycles. The van der Waals surface area contributed by atoms with Gasteiger partial charge in [-0.1, -0.05) is 39.0 Å². The lowest BCUT2D eigenvalue weighted by Crippen LogP contribution is -2.11. The molecule has 0 aliphatic rings. The van der Waals surface area contributed by atoms with Crippen molar-refractivity contribution in [3.8, 4) is 0 Å². The van der Waals surface area contributed by atoms with Gasteiger partial charge < -0.3 is 0 Å². The van der Waals surface area contributed by atoms with Crippen LogP contribution in [-0.4, -0.2) is 0 Å². The fraction of sp³-hybridized carbons (Fsp3) is 0.400. The molecular weight excluding hydrogens is 209 g/mol. The van der Waals surface area contributed by atoms with Crippen molar-refractivity contribution in [1.29, 1.82) is 0 Å². The zero-order chi connectivity index (χ0) is 8.48.